The van der Waals surface area contributed by atoms with E-state index in [1.165, 1.54) is 6.92 Å². The van der Waals surface area contributed by atoms with Crippen molar-refractivity contribution in [2.45, 2.75) is 33.3 Å². The molecule has 0 saturated heterocycles. The van der Waals surface area contributed by atoms with Gasteiger partial charge >= 0.3 is 5.97 Å². The predicted molar refractivity (Wildman–Crippen MR) is 103 cm³/mol. The highest BCUT2D eigenvalue weighted by Gasteiger charge is 2.22. The van der Waals surface area contributed by atoms with Gasteiger partial charge in [-0.25, -0.2) is 5.10 Å². The molecule has 3 rings (SSSR count). The van der Waals surface area contributed by atoms with Crippen molar-refractivity contribution in [3.8, 4) is 0 Å². The summed E-state index contributed by atoms with van der Waals surface area (Å²) in [5.41, 5.74) is 2.13. The van der Waals surface area contributed by atoms with Gasteiger partial charge in [-0.1, -0.05) is 18.2 Å². The molecular weight excluding hydrogens is 362 g/mol. The normalized spacial score (nSPS) is 12.0. The first-order valence-electron chi connectivity index (χ1n) is 8.74. The van der Waals surface area contributed by atoms with E-state index in [2.05, 4.69) is 20.6 Å². The molecule has 28 heavy (non-hydrogen) atoms. The molecule has 0 saturated carbocycles. The molecular formula is C19H21N5O4. The quantitative estimate of drug-likeness (QED) is 0.643. The van der Waals surface area contributed by atoms with Gasteiger partial charge < -0.3 is 10.1 Å². The Hall–Kier alpha value is -3.49. The standard InChI is InChI=1S/C19H21N5O4/c1-10-17(11(2)24(4)23-10)20-18(26)12(3)28-16(25)9-15-13-7-5-6-8-14(13)19(27)22-21-15/h5-8,12H,9H2,1-4H3,(H,20,26)(H,22,27)/t12-/m1/s1. The van der Waals surface area contributed by atoms with E-state index in [0.717, 1.165) is 5.69 Å². The van der Waals surface area contributed by atoms with Crippen LogP contribution in [0.25, 0.3) is 10.8 Å². The number of nitrogens with zero attached hydrogens (tertiary/aromatic N) is 3. The largest absolute Gasteiger partial charge is 0.452 e. The third kappa shape index (κ3) is 3.78. The molecule has 2 heterocycles. The number of hydrogen-bond acceptors (Lipinski definition) is 6. The lowest BCUT2D eigenvalue weighted by molar-refractivity contribution is -0.152. The Bertz CT molecular complexity index is 1120. The molecule has 3 aromatic rings. The van der Waals surface area contributed by atoms with Gasteiger partial charge in [0, 0.05) is 12.4 Å². The summed E-state index contributed by atoms with van der Waals surface area (Å²) in [6.07, 6.45) is -1.17. The Morgan fingerprint density at radius 1 is 1.25 bits per heavy atom. The smallest absolute Gasteiger partial charge is 0.312 e. The summed E-state index contributed by atoms with van der Waals surface area (Å²) in [5, 5.41) is 14.3. The number of hydrogen-bond donors (Lipinski definition) is 2. The van der Waals surface area contributed by atoms with Crippen molar-refractivity contribution < 1.29 is 14.3 Å². The fraction of sp³-hybridized carbons (Fsp3) is 0.316. The lowest BCUT2D eigenvalue weighted by Crippen LogP contribution is -2.31. The van der Waals surface area contributed by atoms with Gasteiger partial charge in [-0.15, -0.1) is 0 Å². The Morgan fingerprint density at radius 2 is 1.93 bits per heavy atom. The second-order valence-electron chi connectivity index (χ2n) is 6.51. The molecule has 1 atom stereocenters. The Labute approximate surface area is 160 Å². The highest BCUT2D eigenvalue weighted by atomic mass is 16.5. The Morgan fingerprint density at radius 3 is 2.57 bits per heavy atom. The number of esters is 1. The topological polar surface area (TPSA) is 119 Å². The maximum absolute atomic E-state index is 12.4. The number of anilines is 1. The number of carbonyl (C=O) groups is 2. The van der Waals surface area contributed by atoms with Crippen LogP contribution in [0.4, 0.5) is 5.69 Å². The van der Waals surface area contributed by atoms with E-state index in [9.17, 15) is 14.4 Å². The van der Waals surface area contributed by atoms with Gasteiger partial charge in [0.1, 0.15) is 0 Å². The first kappa shape index (κ1) is 19.3. The van der Waals surface area contributed by atoms with Crippen molar-refractivity contribution in [2.75, 3.05) is 5.32 Å². The summed E-state index contributed by atoms with van der Waals surface area (Å²) >= 11 is 0. The van der Waals surface area contributed by atoms with Gasteiger partial charge in [0.2, 0.25) is 0 Å². The lowest BCUT2D eigenvalue weighted by atomic mass is 10.1. The van der Waals surface area contributed by atoms with Crippen LogP contribution >= 0.6 is 0 Å². The van der Waals surface area contributed by atoms with Crippen LogP contribution < -0.4 is 10.9 Å². The molecule has 0 aliphatic carbocycles. The van der Waals surface area contributed by atoms with E-state index in [-0.39, 0.29) is 12.0 Å². The van der Waals surface area contributed by atoms with Gasteiger partial charge in [-0.2, -0.15) is 10.2 Å². The van der Waals surface area contributed by atoms with E-state index < -0.39 is 18.0 Å². The molecule has 0 unspecified atom stereocenters. The zero-order chi connectivity index (χ0) is 20.4. The fourth-order valence-electron chi connectivity index (χ4n) is 2.91. The van der Waals surface area contributed by atoms with E-state index in [1.54, 1.807) is 42.9 Å². The SMILES string of the molecule is Cc1nn(C)c(C)c1NC(=O)[C@@H](C)OC(=O)Cc1n[nH]c(=O)c2ccccc12. The van der Waals surface area contributed by atoms with Crippen LogP contribution in [0.2, 0.25) is 0 Å². The molecule has 0 aliphatic heterocycles. The number of aryl methyl sites for hydroxylation is 2. The summed E-state index contributed by atoms with van der Waals surface area (Å²) in [6.45, 7) is 5.11. The van der Waals surface area contributed by atoms with Crippen LogP contribution in [0, 0.1) is 13.8 Å². The highest BCUT2D eigenvalue weighted by Crippen LogP contribution is 2.19. The molecule has 146 valence electrons. The minimum absolute atomic E-state index is 0.167. The number of H-pyrrole nitrogens is 1. The number of carbonyl (C=O) groups excluding carboxylic acids is 2. The molecule has 1 amide bonds. The number of ether oxygens (including phenoxy) is 1. The molecule has 0 spiro atoms. The molecule has 9 heteroatoms. The summed E-state index contributed by atoms with van der Waals surface area (Å²) < 4.78 is 6.91. The van der Waals surface area contributed by atoms with Gasteiger partial charge in [-0.3, -0.25) is 19.1 Å². The lowest BCUT2D eigenvalue weighted by Gasteiger charge is -2.14. The zero-order valence-corrected chi connectivity index (χ0v) is 16.1. The third-order valence-electron chi connectivity index (χ3n) is 4.52. The fourth-order valence-corrected chi connectivity index (χ4v) is 2.91. The Kier molecular flexibility index (Phi) is 5.25. The van der Waals surface area contributed by atoms with Crippen molar-refractivity contribution in [1.29, 1.82) is 0 Å². The van der Waals surface area contributed by atoms with Crippen molar-refractivity contribution in [3.63, 3.8) is 0 Å². The number of aromatic nitrogens is 4. The molecule has 0 fully saturated rings. The first-order valence-corrected chi connectivity index (χ1v) is 8.74. The molecule has 9 nitrogen and oxygen atoms in total. The van der Waals surface area contributed by atoms with Crippen LogP contribution in [0.5, 0.6) is 0 Å². The van der Waals surface area contributed by atoms with Crippen LogP contribution in [-0.4, -0.2) is 38.0 Å². The van der Waals surface area contributed by atoms with E-state index in [4.69, 9.17) is 4.74 Å². The van der Waals surface area contributed by atoms with Gasteiger partial charge in [0.15, 0.2) is 6.10 Å². The van der Waals surface area contributed by atoms with Crippen molar-refractivity contribution in [3.05, 3.63) is 51.7 Å². The van der Waals surface area contributed by atoms with Crippen molar-refractivity contribution in [2.24, 2.45) is 7.05 Å². The van der Waals surface area contributed by atoms with Crippen molar-refractivity contribution >= 4 is 28.3 Å². The van der Waals surface area contributed by atoms with Gasteiger partial charge in [0.25, 0.3) is 11.5 Å². The first-order chi connectivity index (χ1) is 13.3. The maximum atomic E-state index is 12.4. The zero-order valence-electron chi connectivity index (χ0n) is 16.1. The van der Waals surface area contributed by atoms with E-state index in [1.807, 2.05) is 6.92 Å². The molecule has 1 aromatic carbocycles. The number of aromatic amines is 1. The van der Waals surface area contributed by atoms with Crippen LogP contribution in [-0.2, 0) is 27.8 Å². The summed E-state index contributed by atoms with van der Waals surface area (Å²) in [4.78, 5) is 36.5. The van der Waals surface area contributed by atoms with E-state index >= 15 is 0 Å². The highest BCUT2D eigenvalue weighted by molar-refractivity contribution is 5.96. The molecule has 0 aliphatic rings. The number of rotatable bonds is 5. The van der Waals surface area contributed by atoms with Crippen molar-refractivity contribution in [1.82, 2.24) is 20.0 Å². The average Bonchev–Trinajstić information content (AvgIpc) is 2.90. The van der Waals surface area contributed by atoms with Gasteiger partial charge in [0.05, 0.1) is 34.6 Å². The maximum Gasteiger partial charge on any atom is 0.312 e. The number of benzene rings is 1. The summed E-state index contributed by atoms with van der Waals surface area (Å²) in [6, 6.07) is 6.85. The summed E-state index contributed by atoms with van der Waals surface area (Å²) in [7, 11) is 1.78. The number of nitrogens with one attached hydrogen (secondary N) is 2. The molecule has 2 N–H and O–H groups in total. The predicted octanol–water partition coefficient (Wildman–Crippen LogP) is 1.39. The van der Waals surface area contributed by atoms with Crippen LogP contribution in [0.3, 0.4) is 0 Å². The molecule has 0 radical (unpaired) electrons. The van der Waals surface area contributed by atoms with E-state index in [0.29, 0.717) is 27.8 Å². The molecule has 0 bridgehead atoms. The van der Waals surface area contributed by atoms with Gasteiger partial charge in [-0.05, 0) is 26.8 Å². The minimum Gasteiger partial charge on any atom is -0.452 e. The Balaban J connectivity index is 1.69. The number of amides is 1. The molecule has 2 aromatic heterocycles. The number of fused-ring (bicyclic) bond motifs is 1. The average molecular weight is 383 g/mol. The minimum atomic E-state index is -1.000. The van der Waals surface area contributed by atoms with Crippen LogP contribution in [0.1, 0.15) is 24.0 Å². The van der Waals surface area contributed by atoms with Crippen LogP contribution in [0.15, 0.2) is 29.1 Å². The monoisotopic (exact) mass is 383 g/mol. The second kappa shape index (κ2) is 7.63. The third-order valence-corrected chi connectivity index (χ3v) is 4.52. The summed E-state index contributed by atoms with van der Waals surface area (Å²) in [5.74, 6) is -1.07. The second-order valence-corrected chi connectivity index (χ2v) is 6.51.